The van der Waals surface area contributed by atoms with Gasteiger partial charge in [0.05, 0.1) is 26.9 Å². The maximum atomic E-state index is 13.2. The van der Waals surface area contributed by atoms with Crippen molar-refractivity contribution in [3.8, 4) is 11.5 Å². The number of aliphatic hydroxyl groups excluding tert-OH is 1. The van der Waals surface area contributed by atoms with Gasteiger partial charge in [0.1, 0.15) is 29.4 Å². The molecule has 7 rings (SSSR count). The van der Waals surface area contributed by atoms with Gasteiger partial charge in [-0.15, -0.1) is 0 Å². The van der Waals surface area contributed by atoms with Gasteiger partial charge in [0.2, 0.25) is 5.95 Å². The monoisotopic (exact) mass is 675 g/mol. The minimum atomic E-state index is -1.13. The number of fused-ring (bicyclic) bond motifs is 1. The zero-order valence-electron chi connectivity index (χ0n) is 27.5. The van der Waals surface area contributed by atoms with Crippen molar-refractivity contribution < 1.29 is 24.1 Å². The molecule has 12 nitrogen and oxygen atoms in total. The molecule has 4 N–H and O–H groups in total. The second kappa shape index (κ2) is 14.0. The molecule has 256 valence electrons. The summed E-state index contributed by atoms with van der Waals surface area (Å²) in [6.45, 7) is 0.368. The van der Waals surface area contributed by atoms with Crippen LogP contribution in [0.15, 0.2) is 119 Å². The van der Waals surface area contributed by atoms with Crippen molar-refractivity contribution >= 4 is 17.1 Å². The highest BCUT2D eigenvalue weighted by Crippen LogP contribution is 2.42. The predicted octanol–water partition coefficient (Wildman–Crippen LogP) is 4.70. The molecule has 3 atom stereocenters. The number of benzene rings is 4. The third-order valence-corrected chi connectivity index (χ3v) is 9.01. The lowest BCUT2D eigenvalue weighted by Gasteiger charge is -2.37. The van der Waals surface area contributed by atoms with E-state index in [4.69, 9.17) is 18.9 Å². The van der Waals surface area contributed by atoms with E-state index >= 15 is 0 Å². The van der Waals surface area contributed by atoms with Crippen LogP contribution in [-0.2, 0) is 21.6 Å². The van der Waals surface area contributed by atoms with Gasteiger partial charge in [-0.3, -0.25) is 14.8 Å². The summed E-state index contributed by atoms with van der Waals surface area (Å²) in [6, 6.07) is 34.7. The van der Waals surface area contributed by atoms with E-state index in [1.54, 1.807) is 14.2 Å². The standard InChI is InChI=1S/C38H37N5O7/c1-47-28-17-13-26(14-18-28)38(25-11-7-4-8-12-25,27-15-19-29(48-2)20-16-27)49-23-31-30(44)21-32(50-31)43-34-33(40-37(43)46)35(45)42-36(41-34)39-22-24-9-5-3-6-10-24/h3-20,30-32,44H,21-23H2,1-2H3,(H,40,46)(H2,39,41,42,45)/t30-,31+,32+/m0/s1. The summed E-state index contributed by atoms with van der Waals surface area (Å²) in [5.41, 5.74) is 1.40. The van der Waals surface area contributed by atoms with Crippen molar-refractivity contribution in [3.05, 3.63) is 152 Å². The number of aliphatic hydroxyl groups is 1. The number of H-pyrrole nitrogens is 2. The fourth-order valence-corrected chi connectivity index (χ4v) is 6.45. The molecule has 1 aliphatic heterocycles. The summed E-state index contributed by atoms with van der Waals surface area (Å²) in [6.07, 6.45) is -2.65. The quantitative estimate of drug-likeness (QED) is 0.135. The molecule has 0 bridgehead atoms. The van der Waals surface area contributed by atoms with Crippen LogP contribution in [0.3, 0.4) is 0 Å². The highest BCUT2D eigenvalue weighted by molar-refractivity contribution is 5.71. The predicted molar refractivity (Wildman–Crippen MR) is 188 cm³/mol. The number of ether oxygens (including phenoxy) is 4. The zero-order valence-corrected chi connectivity index (χ0v) is 27.5. The van der Waals surface area contributed by atoms with Crippen molar-refractivity contribution in [1.82, 2.24) is 19.5 Å². The number of aromatic nitrogens is 4. The molecule has 0 spiro atoms. The van der Waals surface area contributed by atoms with Gasteiger partial charge in [-0.1, -0.05) is 84.9 Å². The number of methoxy groups -OCH3 is 2. The van der Waals surface area contributed by atoms with E-state index < -0.39 is 35.3 Å². The molecule has 12 heteroatoms. The fourth-order valence-electron chi connectivity index (χ4n) is 6.45. The lowest BCUT2D eigenvalue weighted by Crippen LogP contribution is -2.38. The van der Waals surface area contributed by atoms with Crippen LogP contribution in [0.5, 0.6) is 11.5 Å². The highest BCUT2D eigenvalue weighted by Gasteiger charge is 2.42. The number of rotatable bonds is 12. The van der Waals surface area contributed by atoms with Gasteiger partial charge in [0, 0.05) is 13.0 Å². The molecule has 0 saturated carbocycles. The van der Waals surface area contributed by atoms with E-state index in [0.717, 1.165) is 22.3 Å². The Labute approximate surface area is 287 Å². The lowest BCUT2D eigenvalue weighted by molar-refractivity contribution is -0.0935. The Hall–Kier alpha value is -5.69. The molecule has 0 unspecified atom stereocenters. The van der Waals surface area contributed by atoms with Crippen LogP contribution < -0.4 is 26.0 Å². The van der Waals surface area contributed by atoms with Crippen LogP contribution in [0.25, 0.3) is 11.2 Å². The van der Waals surface area contributed by atoms with Crippen LogP contribution in [0.4, 0.5) is 5.95 Å². The number of hydrogen-bond donors (Lipinski definition) is 4. The largest absolute Gasteiger partial charge is 0.497 e. The molecule has 50 heavy (non-hydrogen) atoms. The highest BCUT2D eigenvalue weighted by atomic mass is 16.6. The van der Waals surface area contributed by atoms with Crippen LogP contribution in [0.1, 0.15) is 34.9 Å². The molecule has 0 radical (unpaired) electrons. The van der Waals surface area contributed by atoms with Crippen molar-refractivity contribution in [1.29, 1.82) is 0 Å². The van der Waals surface area contributed by atoms with E-state index in [1.807, 2.05) is 109 Å². The van der Waals surface area contributed by atoms with Crippen LogP contribution in [0.2, 0.25) is 0 Å². The number of aromatic amines is 2. The maximum absolute atomic E-state index is 13.2. The summed E-state index contributed by atoms with van der Waals surface area (Å²) >= 11 is 0. The Morgan fingerprint density at radius 2 is 1.42 bits per heavy atom. The average Bonchev–Trinajstić information content (AvgIpc) is 3.70. The summed E-state index contributed by atoms with van der Waals surface area (Å²) in [5, 5.41) is 14.4. The van der Waals surface area contributed by atoms with Gasteiger partial charge in [-0.25, -0.2) is 9.36 Å². The van der Waals surface area contributed by atoms with Crippen molar-refractivity contribution in [2.75, 3.05) is 26.1 Å². The van der Waals surface area contributed by atoms with E-state index in [0.29, 0.717) is 18.0 Å². The van der Waals surface area contributed by atoms with E-state index in [9.17, 15) is 14.7 Å². The summed E-state index contributed by atoms with van der Waals surface area (Å²) in [4.78, 5) is 36.0. The van der Waals surface area contributed by atoms with E-state index in [1.165, 1.54) is 4.57 Å². The van der Waals surface area contributed by atoms with Crippen molar-refractivity contribution in [2.24, 2.45) is 0 Å². The Morgan fingerprint density at radius 3 is 2.02 bits per heavy atom. The summed E-state index contributed by atoms with van der Waals surface area (Å²) in [5.74, 6) is 1.58. The Bertz CT molecular complexity index is 2120. The van der Waals surface area contributed by atoms with E-state index in [-0.39, 0.29) is 30.1 Å². The topological polar surface area (TPSA) is 153 Å². The molecule has 6 aromatic rings. The van der Waals surface area contributed by atoms with Crippen LogP contribution in [0, 0.1) is 0 Å². The first-order valence-corrected chi connectivity index (χ1v) is 16.2. The normalized spacial score (nSPS) is 17.5. The molecule has 1 saturated heterocycles. The molecule has 1 aliphatic rings. The Kier molecular flexibility index (Phi) is 9.22. The summed E-state index contributed by atoms with van der Waals surface area (Å²) in [7, 11) is 3.22. The molecular weight excluding hydrogens is 638 g/mol. The number of anilines is 1. The molecule has 3 heterocycles. The Balaban J connectivity index is 1.21. The summed E-state index contributed by atoms with van der Waals surface area (Å²) < 4.78 is 25.5. The SMILES string of the molecule is COc1ccc(C(OC[C@H]2O[C@@H](n3c(=O)[nH]c4c(=O)[nH]c(NCc5ccccc5)nc43)C[C@@H]2O)(c2ccccc2)c2ccc(OC)cc2)cc1. The number of hydrogen-bond acceptors (Lipinski definition) is 9. The smallest absolute Gasteiger partial charge is 0.329 e. The van der Waals surface area contributed by atoms with Gasteiger partial charge < -0.3 is 29.4 Å². The van der Waals surface area contributed by atoms with Crippen LogP contribution >= 0.6 is 0 Å². The second-order valence-corrected chi connectivity index (χ2v) is 12.0. The lowest BCUT2D eigenvalue weighted by atomic mass is 9.80. The average molecular weight is 676 g/mol. The number of imidazole rings is 1. The van der Waals surface area contributed by atoms with E-state index in [2.05, 4.69) is 20.3 Å². The van der Waals surface area contributed by atoms with Gasteiger partial charge in [-0.05, 0) is 46.5 Å². The minimum absolute atomic E-state index is 0.0140. The number of nitrogens with zero attached hydrogens (tertiary/aromatic N) is 2. The molecule has 2 aromatic heterocycles. The maximum Gasteiger partial charge on any atom is 0.329 e. The zero-order chi connectivity index (χ0) is 34.7. The van der Waals surface area contributed by atoms with Gasteiger partial charge in [0.25, 0.3) is 5.56 Å². The Morgan fingerprint density at radius 1 is 0.840 bits per heavy atom. The third-order valence-electron chi connectivity index (χ3n) is 9.01. The third kappa shape index (κ3) is 6.27. The van der Waals surface area contributed by atoms with Crippen molar-refractivity contribution in [3.63, 3.8) is 0 Å². The van der Waals surface area contributed by atoms with Gasteiger partial charge in [0.15, 0.2) is 11.2 Å². The molecule has 1 fully saturated rings. The van der Waals surface area contributed by atoms with Crippen LogP contribution in [-0.4, -0.2) is 57.7 Å². The number of nitrogens with one attached hydrogen (secondary N) is 3. The first-order chi connectivity index (χ1) is 24.4. The minimum Gasteiger partial charge on any atom is -0.497 e. The molecule has 4 aromatic carbocycles. The van der Waals surface area contributed by atoms with Gasteiger partial charge >= 0.3 is 5.69 Å². The first-order valence-electron chi connectivity index (χ1n) is 16.2. The molecular formula is C38H37N5O7. The molecule has 0 amide bonds. The van der Waals surface area contributed by atoms with Crippen molar-refractivity contribution in [2.45, 2.75) is 37.0 Å². The fraction of sp³-hybridized carbons (Fsp3) is 0.237. The second-order valence-electron chi connectivity index (χ2n) is 12.0. The first kappa shape index (κ1) is 32.8. The van der Waals surface area contributed by atoms with Gasteiger partial charge in [-0.2, -0.15) is 4.98 Å². The molecule has 0 aliphatic carbocycles.